The van der Waals surface area contributed by atoms with Gasteiger partial charge in [-0.25, -0.2) is 0 Å². The van der Waals surface area contributed by atoms with E-state index in [1.54, 1.807) is 18.2 Å². The number of anilines is 1. The highest BCUT2D eigenvalue weighted by molar-refractivity contribution is 6.21. The van der Waals surface area contributed by atoms with Crippen molar-refractivity contribution in [1.82, 2.24) is 4.90 Å². The Morgan fingerprint density at radius 3 is 2.53 bits per heavy atom. The summed E-state index contributed by atoms with van der Waals surface area (Å²) in [5, 5.41) is 2.79. The van der Waals surface area contributed by atoms with E-state index in [0.717, 1.165) is 11.3 Å². The lowest BCUT2D eigenvalue weighted by molar-refractivity contribution is -0.117. The van der Waals surface area contributed by atoms with Crippen molar-refractivity contribution in [3.63, 3.8) is 0 Å². The number of imide groups is 1. The average molecular weight is 258 g/mol. The summed E-state index contributed by atoms with van der Waals surface area (Å²) < 4.78 is 0. The summed E-state index contributed by atoms with van der Waals surface area (Å²) in [5.41, 5.74) is 1.32. The Hall–Kier alpha value is -2.17. The number of hydrogen-bond acceptors (Lipinski definition) is 3. The van der Waals surface area contributed by atoms with Crippen molar-refractivity contribution >= 4 is 23.4 Å². The van der Waals surface area contributed by atoms with Gasteiger partial charge in [0.25, 0.3) is 11.8 Å². The molecule has 5 heteroatoms. The van der Waals surface area contributed by atoms with Crippen LogP contribution in [-0.4, -0.2) is 29.7 Å². The molecule has 5 nitrogen and oxygen atoms in total. The SMILES string of the molecule is C[C@H]1C[C@H]1C(=O)Nc1ccc2c(c1)C(=O)N(C)C2=O. The topological polar surface area (TPSA) is 66.5 Å². The highest BCUT2D eigenvalue weighted by atomic mass is 16.2. The van der Waals surface area contributed by atoms with Crippen LogP contribution in [-0.2, 0) is 4.79 Å². The maximum Gasteiger partial charge on any atom is 0.261 e. The van der Waals surface area contributed by atoms with Crippen LogP contribution in [0.5, 0.6) is 0 Å². The standard InChI is InChI=1S/C14H14N2O3/c1-7-5-10(7)12(17)15-8-3-4-9-11(6-8)14(19)16(2)13(9)18/h3-4,6-7,10H,5H2,1-2H3,(H,15,17)/t7-,10+/m0/s1. The van der Waals surface area contributed by atoms with Crippen LogP contribution < -0.4 is 5.32 Å². The molecule has 1 heterocycles. The van der Waals surface area contributed by atoms with Gasteiger partial charge in [-0.3, -0.25) is 19.3 Å². The fourth-order valence-electron chi connectivity index (χ4n) is 2.36. The Bertz CT molecular complexity index is 609. The number of nitrogens with one attached hydrogen (secondary N) is 1. The zero-order valence-corrected chi connectivity index (χ0v) is 10.8. The van der Waals surface area contributed by atoms with Crippen LogP contribution in [0.4, 0.5) is 5.69 Å². The summed E-state index contributed by atoms with van der Waals surface area (Å²) in [7, 11) is 1.45. The smallest absolute Gasteiger partial charge is 0.261 e. The van der Waals surface area contributed by atoms with Gasteiger partial charge in [0.15, 0.2) is 0 Å². The maximum absolute atomic E-state index is 11.8. The van der Waals surface area contributed by atoms with Crippen LogP contribution >= 0.6 is 0 Å². The van der Waals surface area contributed by atoms with Gasteiger partial charge in [0.2, 0.25) is 5.91 Å². The van der Waals surface area contributed by atoms with Gasteiger partial charge >= 0.3 is 0 Å². The Morgan fingerprint density at radius 2 is 1.89 bits per heavy atom. The van der Waals surface area contributed by atoms with E-state index >= 15 is 0 Å². The van der Waals surface area contributed by atoms with Crippen LogP contribution in [0.25, 0.3) is 0 Å². The van der Waals surface area contributed by atoms with E-state index in [0.29, 0.717) is 22.7 Å². The third-order valence-electron chi connectivity index (χ3n) is 3.80. The van der Waals surface area contributed by atoms with Crippen LogP contribution in [0.1, 0.15) is 34.1 Å². The monoisotopic (exact) mass is 258 g/mol. The Labute approximate surface area is 110 Å². The molecule has 1 aromatic carbocycles. The van der Waals surface area contributed by atoms with Gasteiger partial charge in [-0.1, -0.05) is 6.92 Å². The molecular weight excluding hydrogens is 244 g/mol. The van der Waals surface area contributed by atoms with E-state index in [2.05, 4.69) is 5.32 Å². The lowest BCUT2D eigenvalue weighted by Crippen LogP contribution is -2.24. The second-order valence-corrected chi connectivity index (χ2v) is 5.24. The van der Waals surface area contributed by atoms with Crippen LogP contribution in [0.2, 0.25) is 0 Å². The first-order chi connectivity index (χ1) is 8.99. The molecule has 0 aromatic heterocycles. The molecule has 19 heavy (non-hydrogen) atoms. The van der Waals surface area contributed by atoms with Crippen molar-refractivity contribution in [2.24, 2.45) is 11.8 Å². The molecule has 1 N–H and O–H groups in total. The summed E-state index contributed by atoms with van der Waals surface area (Å²) in [5.74, 6) is -0.126. The van der Waals surface area contributed by atoms with Gasteiger partial charge in [-0.05, 0) is 30.5 Å². The minimum absolute atomic E-state index is 0.0161. The first kappa shape index (κ1) is 11.9. The van der Waals surface area contributed by atoms with Gasteiger partial charge in [0.05, 0.1) is 11.1 Å². The van der Waals surface area contributed by atoms with E-state index in [-0.39, 0.29) is 23.6 Å². The normalized spacial score (nSPS) is 24.4. The molecule has 0 radical (unpaired) electrons. The third kappa shape index (κ3) is 1.82. The van der Waals surface area contributed by atoms with Gasteiger partial charge < -0.3 is 5.32 Å². The fraction of sp³-hybridized carbons (Fsp3) is 0.357. The molecule has 3 amide bonds. The number of rotatable bonds is 2. The van der Waals surface area contributed by atoms with Gasteiger partial charge in [-0.15, -0.1) is 0 Å². The van der Waals surface area contributed by atoms with Crippen molar-refractivity contribution in [2.75, 3.05) is 12.4 Å². The molecule has 2 aliphatic rings. The molecule has 1 aliphatic carbocycles. The molecule has 1 fully saturated rings. The summed E-state index contributed by atoms with van der Waals surface area (Å²) >= 11 is 0. The van der Waals surface area contributed by atoms with Crippen LogP contribution in [0.3, 0.4) is 0 Å². The molecule has 0 unspecified atom stereocenters. The molecule has 0 bridgehead atoms. The number of fused-ring (bicyclic) bond motifs is 1. The number of carbonyl (C=O) groups excluding carboxylic acids is 3. The van der Waals surface area contributed by atoms with E-state index in [1.807, 2.05) is 6.92 Å². The minimum atomic E-state index is -0.323. The second-order valence-electron chi connectivity index (χ2n) is 5.24. The summed E-state index contributed by atoms with van der Waals surface area (Å²) in [6, 6.07) is 4.82. The molecule has 0 spiro atoms. The number of benzene rings is 1. The van der Waals surface area contributed by atoms with Crippen LogP contribution in [0, 0.1) is 11.8 Å². The average Bonchev–Trinajstić information content (AvgIpc) is 3.08. The Balaban J connectivity index is 1.85. The van der Waals surface area contributed by atoms with Crippen molar-refractivity contribution < 1.29 is 14.4 Å². The summed E-state index contributed by atoms with van der Waals surface area (Å²) in [6.45, 7) is 2.03. The summed E-state index contributed by atoms with van der Waals surface area (Å²) in [6.07, 6.45) is 0.914. The first-order valence-electron chi connectivity index (χ1n) is 6.26. The zero-order chi connectivity index (χ0) is 13.7. The molecule has 1 aliphatic heterocycles. The number of hydrogen-bond donors (Lipinski definition) is 1. The van der Waals surface area contributed by atoms with Crippen LogP contribution in [0.15, 0.2) is 18.2 Å². The van der Waals surface area contributed by atoms with Gasteiger partial charge in [0, 0.05) is 18.7 Å². The second kappa shape index (κ2) is 3.91. The van der Waals surface area contributed by atoms with Gasteiger partial charge in [-0.2, -0.15) is 0 Å². The predicted molar refractivity (Wildman–Crippen MR) is 68.8 cm³/mol. The number of amides is 3. The molecule has 1 saturated carbocycles. The summed E-state index contributed by atoms with van der Waals surface area (Å²) in [4.78, 5) is 36.5. The molecule has 1 aromatic rings. The largest absolute Gasteiger partial charge is 0.326 e. The van der Waals surface area contributed by atoms with Crippen molar-refractivity contribution in [1.29, 1.82) is 0 Å². The van der Waals surface area contributed by atoms with Crippen molar-refractivity contribution in [3.8, 4) is 0 Å². The molecular formula is C14H14N2O3. The van der Waals surface area contributed by atoms with Gasteiger partial charge in [0.1, 0.15) is 0 Å². The Morgan fingerprint density at radius 1 is 1.26 bits per heavy atom. The highest BCUT2D eigenvalue weighted by Gasteiger charge is 2.39. The molecule has 0 saturated heterocycles. The lowest BCUT2D eigenvalue weighted by Gasteiger charge is -2.05. The first-order valence-corrected chi connectivity index (χ1v) is 6.26. The van der Waals surface area contributed by atoms with Crippen molar-refractivity contribution in [2.45, 2.75) is 13.3 Å². The maximum atomic E-state index is 11.8. The number of nitrogens with zero attached hydrogens (tertiary/aromatic N) is 1. The zero-order valence-electron chi connectivity index (χ0n) is 10.8. The van der Waals surface area contributed by atoms with E-state index < -0.39 is 0 Å². The third-order valence-corrected chi connectivity index (χ3v) is 3.80. The van der Waals surface area contributed by atoms with E-state index in [1.165, 1.54) is 7.05 Å². The molecule has 98 valence electrons. The number of carbonyl (C=O) groups is 3. The fourth-order valence-corrected chi connectivity index (χ4v) is 2.36. The lowest BCUT2D eigenvalue weighted by atomic mass is 10.1. The van der Waals surface area contributed by atoms with E-state index in [9.17, 15) is 14.4 Å². The van der Waals surface area contributed by atoms with Crippen molar-refractivity contribution in [3.05, 3.63) is 29.3 Å². The quantitative estimate of drug-likeness (QED) is 0.818. The Kier molecular flexibility index (Phi) is 2.45. The highest BCUT2D eigenvalue weighted by Crippen LogP contribution is 2.38. The molecule has 2 atom stereocenters. The molecule has 3 rings (SSSR count). The minimum Gasteiger partial charge on any atom is -0.326 e. The van der Waals surface area contributed by atoms with E-state index in [4.69, 9.17) is 0 Å². The predicted octanol–water partition coefficient (Wildman–Crippen LogP) is 1.51.